The number of sulfone groups is 1. The van der Waals surface area contributed by atoms with Crippen LogP contribution in [0.1, 0.15) is 26.2 Å². The molecule has 1 heterocycles. The summed E-state index contributed by atoms with van der Waals surface area (Å²) in [6.45, 7) is 2.95. The molecule has 4 nitrogen and oxygen atoms in total. The van der Waals surface area contributed by atoms with Gasteiger partial charge in [-0.15, -0.1) is 0 Å². The molecule has 84 valence electrons. The molecule has 1 fully saturated rings. The third-order valence-electron chi connectivity index (χ3n) is 2.70. The van der Waals surface area contributed by atoms with Crippen molar-refractivity contribution in [3.63, 3.8) is 0 Å². The maximum absolute atomic E-state index is 11.2. The Labute approximate surface area is 85.7 Å². The second-order valence-corrected chi connectivity index (χ2v) is 6.48. The first-order valence-electron chi connectivity index (χ1n) is 5.04. The van der Waals surface area contributed by atoms with E-state index in [2.05, 4.69) is 0 Å². The van der Waals surface area contributed by atoms with Crippen LogP contribution in [0.4, 0.5) is 0 Å². The van der Waals surface area contributed by atoms with Crippen LogP contribution in [0.5, 0.6) is 0 Å². The molecule has 0 bridgehead atoms. The lowest BCUT2D eigenvalue weighted by molar-refractivity contribution is 0.175. The largest absolute Gasteiger partial charge is 0.379 e. The van der Waals surface area contributed by atoms with Crippen molar-refractivity contribution in [3.05, 3.63) is 0 Å². The summed E-state index contributed by atoms with van der Waals surface area (Å²) < 4.78 is 27.6. The number of hydrogen-bond acceptors (Lipinski definition) is 4. The van der Waals surface area contributed by atoms with Gasteiger partial charge in [0.2, 0.25) is 0 Å². The van der Waals surface area contributed by atoms with E-state index in [1.54, 1.807) is 6.92 Å². The van der Waals surface area contributed by atoms with Crippen LogP contribution in [0.25, 0.3) is 0 Å². The van der Waals surface area contributed by atoms with Crippen LogP contribution in [0, 0.1) is 0 Å². The molecule has 2 N–H and O–H groups in total. The van der Waals surface area contributed by atoms with Crippen LogP contribution in [0.2, 0.25) is 0 Å². The van der Waals surface area contributed by atoms with Gasteiger partial charge in [0.1, 0.15) is 9.84 Å². The topological polar surface area (TPSA) is 69.4 Å². The molecule has 5 heteroatoms. The highest BCUT2D eigenvalue weighted by molar-refractivity contribution is 7.91. The molecule has 1 rings (SSSR count). The van der Waals surface area contributed by atoms with Crippen molar-refractivity contribution >= 4 is 9.84 Å². The fraction of sp³-hybridized carbons (Fsp3) is 1.00. The van der Waals surface area contributed by atoms with E-state index < -0.39 is 9.84 Å². The first-order chi connectivity index (χ1) is 6.47. The lowest BCUT2D eigenvalue weighted by atomic mass is 9.95. The van der Waals surface area contributed by atoms with Crippen LogP contribution in [-0.4, -0.2) is 38.7 Å². The van der Waals surface area contributed by atoms with Gasteiger partial charge in [-0.05, 0) is 19.3 Å². The van der Waals surface area contributed by atoms with Crippen molar-refractivity contribution in [2.75, 3.05) is 24.7 Å². The summed E-state index contributed by atoms with van der Waals surface area (Å²) in [6, 6.07) is 0. The van der Waals surface area contributed by atoms with Crippen LogP contribution in [0.3, 0.4) is 0 Å². The summed E-state index contributed by atoms with van der Waals surface area (Å²) in [7, 11) is -2.83. The van der Waals surface area contributed by atoms with E-state index in [0.717, 1.165) is 12.8 Å². The van der Waals surface area contributed by atoms with Gasteiger partial charge in [-0.2, -0.15) is 0 Å². The zero-order chi connectivity index (χ0) is 10.7. The Kier molecular flexibility index (Phi) is 3.92. The molecule has 0 aromatic carbocycles. The maximum atomic E-state index is 11.2. The average molecular weight is 221 g/mol. The Bertz CT molecular complexity index is 268. The van der Waals surface area contributed by atoms with Gasteiger partial charge in [0, 0.05) is 17.9 Å². The zero-order valence-electron chi connectivity index (χ0n) is 8.66. The van der Waals surface area contributed by atoms with Gasteiger partial charge in [0.25, 0.3) is 0 Å². The highest BCUT2D eigenvalue weighted by Crippen LogP contribution is 2.21. The van der Waals surface area contributed by atoms with Gasteiger partial charge >= 0.3 is 0 Å². The lowest BCUT2D eigenvalue weighted by Gasteiger charge is -2.21. The maximum Gasteiger partial charge on any atom is 0.150 e. The van der Waals surface area contributed by atoms with Crippen molar-refractivity contribution in [1.29, 1.82) is 0 Å². The predicted octanol–water partition coefficient (Wildman–Crippen LogP) is 0.319. The third kappa shape index (κ3) is 3.55. The summed E-state index contributed by atoms with van der Waals surface area (Å²) >= 11 is 0. The Morgan fingerprint density at radius 1 is 1.50 bits per heavy atom. The van der Waals surface area contributed by atoms with Crippen molar-refractivity contribution in [2.24, 2.45) is 5.73 Å². The highest BCUT2D eigenvalue weighted by atomic mass is 32.2. The van der Waals surface area contributed by atoms with Crippen molar-refractivity contribution in [3.8, 4) is 0 Å². The summed E-state index contributed by atoms with van der Waals surface area (Å²) in [4.78, 5) is 0. The number of rotatable bonds is 5. The fourth-order valence-electron chi connectivity index (χ4n) is 1.61. The van der Waals surface area contributed by atoms with Gasteiger partial charge in [-0.1, -0.05) is 6.92 Å². The summed E-state index contributed by atoms with van der Waals surface area (Å²) in [5, 5.41) is 0. The van der Waals surface area contributed by atoms with Crippen LogP contribution >= 0.6 is 0 Å². The standard InChI is InChI=1S/C9H19NO3S/c1-2-14(11,12)7-3-4-9(10)5-6-13-8-9/h2-8,10H2,1H3. The van der Waals surface area contributed by atoms with Gasteiger partial charge in [0.15, 0.2) is 0 Å². The Morgan fingerprint density at radius 3 is 2.71 bits per heavy atom. The number of hydrogen-bond donors (Lipinski definition) is 1. The van der Waals surface area contributed by atoms with Crippen molar-refractivity contribution in [2.45, 2.75) is 31.7 Å². The molecular weight excluding hydrogens is 202 g/mol. The van der Waals surface area contributed by atoms with Gasteiger partial charge in [0.05, 0.1) is 12.4 Å². The molecule has 0 spiro atoms. The molecule has 0 amide bonds. The van der Waals surface area contributed by atoms with E-state index in [1.165, 1.54) is 0 Å². The second-order valence-electron chi connectivity index (χ2n) is 4.00. The molecule has 1 aliphatic rings. The molecule has 1 aliphatic heterocycles. The Morgan fingerprint density at radius 2 is 2.21 bits per heavy atom. The molecule has 0 aliphatic carbocycles. The van der Waals surface area contributed by atoms with Gasteiger partial charge < -0.3 is 10.5 Å². The highest BCUT2D eigenvalue weighted by Gasteiger charge is 2.29. The fourth-order valence-corrected chi connectivity index (χ4v) is 2.48. The van der Waals surface area contributed by atoms with E-state index >= 15 is 0 Å². The van der Waals surface area contributed by atoms with E-state index in [0.29, 0.717) is 19.6 Å². The van der Waals surface area contributed by atoms with Crippen LogP contribution < -0.4 is 5.73 Å². The first kappa shape index (κ1) is 11.9. The molecular formula is C9H19NO3S. The van der Waals surface area contributed by atoms with Crippen molar-refractivity contribution in [1.82, 2.24) is 0 Å². The number of nitrogens with two attached hydrogens (primary N) is 1. The van der Waals surface area contributed by atoms with Gasteiger partial charge in [-0.3, -0.25) is 0 Å². The minimum atomic E-state index is -2.83. The van der Waals surface area contributed by atoms with Crippen LogP contribution in [0.15, 0.2) is 0 Å². The second kappa shape index (κ2) is 4.59. The SMILES string of the molecule is CCS(=O)(=O)CCCC1(N)CCOC1. The quantitative estimate of drug-likeness (QED) is 0.726. The van der Waals surface area contributed by atoms with E-state index in [9.17, 15) is 8.42 Å². The van der Waals surface area contributed by atoms with Crippen LogP contribution in [-0.2, 0) is 14.6 Å². The number of ether oxygens (including phenoxy) is 1. The molecule has 0 radical (unpaired) electrons. The average Bonchev–Trinajstić information content (AvgIpc) is 2.52. The smallest absolute Gasteiger partial charge is 0.150 e. The molecule has 1 atom stereocenters. The Balaban J connectivity index is 2.27. The molecule has 1 saturated heterocycles. The first-order valence-corrected chi connectivity index (χ1v) is 6.87. The monoisotopic (exact) mass is 221 g/mol. The molecule has 0 saturated carbocycles. The minimum absolute atomic E-state index is 0.223. The molecule has 14 heavy (non-hydrogen) atoms. The summed E-state index contributed by atoms with van der Waals surface area (Å²) in [5.41, 5.74) is 5.74. The summed E-state index contributed by atoms with van der Waals surface area (Å²) in [6.07, 6.45) is 2.24. The van der Waals surface area contributed by atoms with Crippen molar-refractivity contribution < 1.29 is 13.2 Å². The third-order valence-corrected chi connectivity index (χ3v) is 4.49. The van der Waals surface area contributed by atoms with E-state index in [4.69, 9.17) is 10.5 Å². The molecule has 0 aromatic rings. The summed E-state index contributed by atoms with van der Waals surface area (Å²) in [5.74, 6) is 0.476. The normalized spacial score (nSPS) is 28.1. The molecule has 0 aromatic heterocycles. The predicted molar refractivity (Wildman–Crippen MR) is 55.9 cm³/mol. The van der Waals surface area contributed by atoms with E-state index in [1.807, 2.05) is 0 Å². The Hall–Kier alpha value is -0.130. The lowest BCUT2D eigenvalue weighted by Crippen LogP contribution is -2.40. The zero-order valence-corrected chi connectivity index (χ0v) is 9.48. The van der Waals surface area contributed by atoms with E-state index in [-0.39, 0.29) is 17.0 Å². The van der Waals surface area contributed by atoms with Gasteiger partial charge in [-0.25, -0.2) is 8.42 Å². The molecule has 1 unspecified atom stereocenters. The minimum Gasteiger partial charge on any atom is -0.379 e.